The number of likely N-dealkylation sites (N-methyl/N-ethyl adjacent to an activating group) is 1. The molecule has 0 amide bonds. The van der Waals surface area contributed by atoms with Gasteiger partial charge in [0, 0.05) is 15.6 Å². The predicted octanol–water partition coefficient (Wildman–Crippen LogP) is 2.46. The summed E-state index contributed by atoms with van der Waals surface area (Å²) < 4.78 is 6.07. The second-order valence-corrected chi connectivity index (χ2v) is 5.24. The third kappa shape index (κ3) is 2.18. The first-order chi connectivity index (χ1) is 7.60. The van der Waals surface area contributed by atoms with E-state index in [1.165, 1.54) is 0 Å². The number of benzene rings is 1. The van der Waals surface area contributed by atoms with Crippen molar-refractivity contribution in [1.82, 2.24) is 5.32 Å². The zero-order valence-corrected chi connectivity index (χ0v) is 11.1. The molecule has 3 nitrogen and oxygen atoms in total. The van der Waals surface area contributed by atoms with Crippen molar-refractivity contribution in [2.75, 3.05) is 14.2 Å². The van der Waals surface area contributed by atoms with Gasteiger partial charge in [-0.2, -0.15) is 0 Å². The van der Waals surface area contributed by atoms with Crippen LogP contribution in [0.15, 0.2) is 16.6 Å². The zero-order valence-electron chi connectivity index (χ0n) is 9.51. The number of phenolic OH excluding ortho intramolecular Hbond substituents is 1. The molecule has 2 N–H and O–H groups in total. The van der Waals surface area contributed by atoms with Gasteiger partial charge in [0.15, 0.2) is 11.5 Å². The van der Waals surface area contributed by atoms with Crippen LogP contribution in [0.25, 0.3) is 0 Å². The summed E-state index contributed by atoms with van der Waals surface area (Å²) in [5.74, 6) is 0.781. The minimum atomic E-state index is 0.184. The molecule has 0 aromatic heterocycles. The second kappa shape index (κ2) is 4.26. The minimum absolute atomic E-state index is 0.184. The van der Waals surface area contributed by atoms with Crippen LogP contribution in [0.2, 0.25) is 0 Å². The molecule has 1 saturated carbocycles. The Morgan fingerprint density at radius 3 is 2.69 bits per heavy atom. The van der Waals surface area contributed by atoms with Crippen LogP contribution in [-0.2, 0) is 6.42 Å². The molecule has 4 heteroatoms. The number of halogens is 1. The fourth-order valence-electron chi connectivity index (χ4n) is 1.95. The van der Waals surface area contributed by atoms with Gasteiger partial charge in [-0.3, -0.25) is 0 Å². The molecule has 1 aromatic rings. The van der Waals surface area contributed by atoms with Crippen molar-refractivity contribution in [3.63, 3.8) is 0 Å². The normalized spacial score (nSPS) is 17.2. The van der Waals surface area contributed by atoms with Crippen LogP contribution in [-0.4, -0.2) is 24.8 Å². The Morgan fingerprint density at radius 2 is 2.19 bits per heavy atom. The highest BCUT2D eigenvalue weighted by atomic mass is 79.9. The van der Waals surface area contributed by atoms with Gasteiger partial charge in [0.2, 0.25) is 0 Å². The molecule has 0 atom stereocenters. The Balaban J connectivity index is 2.29. The number of hydrogen-bond donors (Lipinski definition) is 2. The van der Waals surface area contributed by atoms with E-state index in [-0.39, 0.29) is 11.3 Å². The average Bonchev–Trinajstić information content (AvgIpc) is 3.03. The molecule has 1 aliphatic carbocycles. The van der Waals surface area contributed by atoms with E-state index in [1.807, 2.05) is 13.1 Å². The molecule has 1 fully saturated rings. The fourth-order valence-corrected chi connectivity index (χ4v) is 2.43. The van der Waals surface area contributed by atoms with E-state index in [4.69, 9.17) is 4.74 Å². The molecule has 0 aliphatic heterocycles. The van der Waals surface area contributed by atoms with E-state index in [0.717, 1.165) is 29.3 Å². The van der Waals surface area contributed by atoms with Crippen LogP contribution in [0, 0.1) is 0 Å². The molecule has 88 valence electrons. The second-order valence-electron chi connectivity index (χ2n) is 4.32. The molecule has 0 radical (unpaired) electrons. The standard InChI is InChI=1S/C12H16BrNO2/c1-14-12(3-4-12)7-8-5-9(13)6-10(16-2)11(8)15/h5-6,14-15H,3-4,7H2,1-2H3. The topological polar surface area (TPSA) is 41.5 Å². The van der Waals surface area contributed by atoms with Crippen molar-refractivity contribution >= 4 is 15.9 Å². The highest BCUT2D eigenvalue weighted by Crippen LogP contribution is 2.42. The Hall–Kier alpha value is -0.740. The molecule has 2 rings (SSSR count). The number of nitrogens with one attached hydrogen (secondary N) is 1. The highest BCUT2D eigenvalue weighted by molar-refractivity contribution is 9.10. The zero-order chi connectivity index (χ0) is 11.8. The number of methoxy groups -OCH3 is 1. The number of ether oxygens (including phenoxy) is 1. The van der Waals surface area contributed by atoms with Gasteiger partial charge in [0.1, 0.15) is 0 Å². The van der Waals surface area contributed by atoms with E-state index in [2.05, 4.69) is 21.2 Å². The quantitative estimate of drug-likeness (QED) is 0.893. The molecule has 1 aromatic carbocycles. The molecule has 0 bridgehead atoms. The number of phenols is 1. The lowest BCUT2D eigenvalue weighted by Gasteiger charge is -2.16. The molecular formula is C12H16BrNO2. The largest absolute Gasteiger partial charge is 0.504 e. The summed E-state index contributed by atoms with van der Waals surface area (Å²) in [5.41, 5.74) is 1.11. The third-order valence-corrected chi connectivity index (χ3v) is 3.71. The van der Waals surface area contributed by atoms with Crippen LogP contribution in [0.3, 0.4) is 0 Å². The van der Waals surface area contributed by atoms with Gasteiger partial charge in [0.05, 0.1) is 7.11 Å². The average molecular weight is 286 g/mol. The maximum absolute atomic E-state index is 10.0. The lowest BCUT2D eigenvalue weighted by atomic mass is 10.0. The number of rotatable bonds is 4. The van der Waals surface area contributed by atoms with Crippen molar-refractivity contribution in [1.29, 1.82) is 0 Å². The van der Waals surface area contributed by atoms with Crippen LogP contribution in [0.1, 0.15) is 18.4 Å². The molecule has 0 unspecified atom stereocenters. The summed E-state index contributed by atoms with van der Waals surface area (Å²) in [5, 5.41) is 13.3. The third-order valence-electron chi connectivity index (χ3n) is 3.25. The monoisotopic (exact) mass is 285 g/mol. The molecule has 0 spiro atoms. The maximum atomic E-state index is 10.0. The van der Waals surface area contributed by atoms with Gasteiger partial charge in [-0.15, -0.1) is 0 Å². The molecular weight excluding hydrogens is 270 g/mol. The van der Waals surface area contributed by atoms with Crippen molar-refractivity contribution in [3.05, 3.63) is 22.2 Å². The first-order valence-electron chi connectivity index (χ1n) is 5.34. The Bertz CT molecular complexity index is 402. The van der Waals surface area contributed by atoms with Crippen molar-refractivity contribution < 1.29 is 9.84 Å². The van der Waals surface area contributed by atoms with Crippen LogP contribution >= 0.6 is 15.9 Å². The minimum Gasteiger partial charge on any atom is -0.504 e. The summed E-state index contributed by atoms with van der Waals surface area (Å²) in [4.78, 5) is 0. The summed E-state index contributed by atoms with van der Waals surface area (Å²) in [6.45, 7) is 0. The first-order valence-corrected chi connectivity index (χ1v) is 6.14. The van der Waals surface area contributed by atoms with Gasteiger partial charge < -0.3 is 15.2 Å². The lowest BCUT2D eigenvalue weighted by Crippen LogP contribution is -2.29. The van der Waals surface area contributed by atoms with E-state index in [1.54, 1.807) is 13.2 Å². The van der Waals surface area contributed by atoms with Gasteiger partial charge in [-0.1, -0.05) is 15.9 Å². The molecule has 1 aliphatic rings. The summed E-state index contributed by atoms with van der Waals surface area (Å²) in [6, 6.07) is 3.73. The smallest absolute Gasteiger partial charge is 0.161 e. The first kappa shape index (κ1) is 11.7. The van der Waals surface area contributed by atoms with E-state index in [0.29, 0.717) is 5.75 Å². The van der Waals surface area contributed by atoms with Crippen molar-refractivity contribution in [2.45, 2.75) is 24.8 Å². The van der Waals surface area contributed by atoms with E-state index >= 15 is 0 Å². The van der Waals surface area contributed by atoms with Crippen LogP contribution in [0.4, 0.5) is 0 Å². The van der Waals surface area contributed by atoms with E-state index in [9.17, 15) is 5.11 Å². The van der Waals surface area contributed by atoms with Crippen molar-refractivity contribution in [2.24, 2.45) is 0 Å². The van der Waals surface area contributed by atoms with Crippen molar-refractivity contribution in [3.8, 4) is 11.5 Å². The van der Waals surface area contributed by atoms with Gasteiger partial charge in [-0.25, -0.2) is 0 Å². The Labute approximate surface area is 104 Å². The number of aromatic hydroxyl groups is 1. The van der Waals surface area contributed by atoms with Gasteiger partial charge in [-0.05, 0) is 38.4 Å². The molecule has 0 heterocycles. The Morgan fingerprint density at radius 1 is 1.50 bits per heavy atom. The van der Waals surface area contributed by atoms with Crippen LogP contribution < -0.4 is 10.1 Å². The highest BCUT2D eigenvalue weighted by Gasteiger charge is 2.41. The Kier molecular flexibility index (Phi) is 3.13. The van der Waals surface area contributed by atoms with Gasteiger partial charge in [0.25, 0.3) is 0 Å². The number of hydrogen-bond acceptors (Lipinski definition) is 3. The van der Waals surface area contributed by atoms with E-state index < -0.39 is 0 Å². The molecule has 0 saturated heterocycles. The van der Waals surface area contributed by atoms with Gasteiger partial charge >= 0.3 is 0 Å². The lowest BCUT2D eigenvalue weighted by molar-refractivity contribution is 0.368. The molecule has 16 heavy (non-hydrogen) atoms. The maximum Gasteiger partial charge on any atom is 0.161 e. The fraction of sp³-hybridized carbons (Fsp3) is 0.500. The predicted molar refractivity (Wildman–Crippen MR) is 67.1 cm³/mol. The summed E-state index contributed by atoms with van der Waals surface area (Å²) in [7, 11) is 3.54. The summed E-state index contributed by atoms with van der Waals surface area (Å²) in [6.07, 6.45) is 3.17. The summed E-state index contributed by atoms with van der Waals surface area (Å²) >= 11 is 3.43. The SMILES string of the molecule is CNC1(Cc2cc(Br)cc(OC)c2O)CC1. The van der Waals surface area contributed by atoms with Crippen LogP contribution in [0.5, 0.6) is 11.5 Å².